The van der Waals surface area contributed by atoms with E-state index in [-0.39, 0.29) is 30.0 Å². The van der Waals surface area contributed by atoms with E-state index in [1.165, 1.54) is 5.56 Å². The van der Waals surface area contributed by atoms with Crippen LogP contribution in [-0.2, 0) is 16.5 Å². The summed E-state index contributed by atoms with van der Waals surface area (Å²) in [6, 6.07) is 0.211. The van der Waals surface area contributed by atoms with Gasteiger partial charge >= 0.3 is 0 Å². The lowest BCUT2D eigenvalue weighted by Gasteiger charge is -2.25. The van der Waals surface area contributed by atoms with Gasteiger partial charge in [0.1, 0.15) is 0 Å². The quantitative estimate of drug-likeness (QED) is 0.224. The fourth-order valence-corrected chi connectivity index (χ4v) is 3.33. The zero-order valence-electron chi connectivity index (χ0n) is 17.9. The highest BCUT2D eigenvalue weighted by Crippen LogP contribution is 2.20. The van der Waals surface area contributed by atoms with Gasteiger partial charge < -0.3 is 24.6 Å². The maximum Gasteiger partial charge on any atom is 0.193 e. The maximum atomic E-state index is 5.71. The minimum absolute atomic E-state index is 0. The van der Waals surface area contributed by atoms with E-state index in [4.69, 9.17) is 14.5 Å². The summed E-state index contributed by atoms with van der Waals surface area (Å²) in [5.74, 6) is 1.54. The second kappa shape index (κ2) is 13.3. The molecule has 2 unspecified atom stereocenters. The Kier molecular flexibility index (Phi) is 12.0. The van der Waals surface area contributed by atoms with Gasteiger partial charge in [-0.05, 0) is 27.4 Å². The zero-order chi connectivity index (χ0) is 19.6. The van der Waals surface area contributed by atoms with Gasteiger partial charge in [-0.2, -0.15) is 5.10 Å². The van der Waals surface area contributed by atoms with Crippen LogP contribution in [0.15, 0.2) is 17.4 Å². The molecule has 1 aromatic heterocycles. The van der Waals surface area contributed by atoms with Gasteiger partial charge in [-0.3, -0.25) is 9.67 Å². The van der Waals surface area contributed by atoms with E-state index >= 15 is 0 Å². The number of rotatable bonds is 10. The van der Waals surface area contributed by atoms with Crippen LogP contribution in [0.2, 0.25) is 0 Å². The molecule has 0 aliphatic carbocycles. The lowest BCUT2D eigenvalue weighted by atomic mass is 10.1. The molecule has 2 rings (SSSR count). The fraction of sp³-hybridized carbons (Fsp3) is 0.789. The van der Waals surface area contributed by atoms with E-state index in [1.807, 2.05) is 17.9 Å². The van der Waals surface area contributed by atoms with Crippen LogP contribution < -0.4 is 5.32 Å². The maximum absolute atomic E-state index is 5.71. The Bertz CT molecular complexity index is 581. The molecule has 28 heavy (non-hydrogen) atoms. The molecule has 0 radical (unpaired) electrons. The summed E-state index contributed by atoms with van der Waals surface area (Å²) in [7, 11) is 7.82. The SMILES string of the molecule is CCNC(=NCC(c1cnn(C)c1)N(C)C)N1CCC(COCCOC)C1.I. The van der Waals surface area contributed by atoms with Gasteiger partial charge in [-0.25, -0.2) is 0 Å². The van der Waals surface area contributed by atoms with Gasteiger partial charge in [0.15, 0.2) is 5.96 Å². The highest BCUT2D eigenvalue weighted by molar-refractivity contribution is 14.0. The van der Waals surface area contributed by atoms with Crippen LogP contribution in [0.3, 0.4) is 0 Å². The second-order valence-electron chi connectivity index (χ2n) is 7.29. The molecule has 0 spiro atoms. The summed E-state index contributed by atoms with van der Waals surface area (Å²) in [5.41, 5.74) is 1.19. The van der Waals surface area contributed by atoms with Crippen molar-refractivity contribution in [2.45, 2.75) is 19.4 Å². The second-order valence-corrected chi connectivity index (χ2v) is 7.29. The average molecular weight is 508 g/mol. The minimum atomic E-state index is 0. The molecule has 0 aromatic carbocycles. The van der Waals surface area contributed by atoms with E-state index in [2.05, 4.69) is 47.4 Å². The standard InChI is InChI=1S/C19H36N6O2.HI/c1-6-20-19(25-8-7-16(13-25)15-27-10-9-26-5)21-12-18(23(2)3)17-11-22-24(4)14-17;/h11,14,16,18H,6-10,12-13,15H2,1-5H3,(H,20,21);1H. The molecular formula is C19H37IN6O2. The van der Waals surface area contributed by atoms with Crippen molar-refractivity contribution in [1.29, 1.82) is 0 Å². The highest BCUT2D eigenvalue weighted by atomic mass is 127. The number of nitrogens with zero attached hydrogens (tertiary/aromatic N) is 5. The summed E-state index contributed by atoms with van der Waals surface area (Å²) in [4.78, 5) is 9.48. The molecule has 1 aromatic rings. The molecule has 0 bridgehead atoms. The van der Waals surface area contributed by atoms with Crippen molar-refractivity contribution >= 4 is 29.9 Å². The van der Waals surface area contributed by atoms with Crippen molar-refractivity contribution < 1.29 is 9.47 Å². The van der Waals surface area contributed by atoms with Gasteiger partial charge in [0.05, 0.1) is 38.6 Å². The summed E-state index contributed by atoms with van der Waals surface area (Å²) in [6.45, 7) is 7.78. The number of guanidine groups is 1. The van der Waals surface area contributed by atoms with Crippen LogP contribution in [0.4, 0.5) is 0 Å². The molecule has 1 saturated heterocycles. The molecule has 1 aliphatic rings. The van der Waals surface area contributed by atoms with E-state index in [0.29, 0.717) is 25.7 Å². The number of likely N-dealkylation sites (N-methyl/N-ethyl adjacent to an activating group) is 1. The molecule has 0 amide bonds. The number of halogens is 1. The predicted molar refractivity (Wildman–Crippen MR) is 123 cm³/mol. The van der Waals surface area contributed by atoms with Crippen molar-refractivity contribution in [3.63, 3.8) is 0 Å². The molecule has 9 heteroatoms. The van der Waals surface area contributed by atoms with Crippen LogP contribution in [-0.4, -0.2) is 92.7 Å². The number of nitrogens with one attached hydrogen (secondary N) is 1. The molecule has 162 valence electrons. The van der Waals surface area contributed by atoms with Crippen molar-refractivity contribution in [1.82, 2.24) is 24.9 Å². The minimum Gasteiger partial charge on any atom is -0.382 e. The molecular weight excluding hydrogens is 471 g/mol. The van der Waals surface area contributed by atoms with Crippen molar-refractivity contribution in [2.75, 3.05) is 67.2 Å². The first-order chi connectivity index (χ1) is 13.0. The monoisotopic (exact) mass is 508 g/mol. The van der Waals surface area contributed by atoms with Crippen LogP contribution in [0, 0.1) is 5.92 Å². The smallest absolute Gasteiger partial charge is 0.193 e. The topological polar surface area (TPSA) is 67.2 Å². The Morgan fingerprint density at radius 2 is 2.21 bits per heavy atom. The lowest BCUT2D eigenvalue weighted by Crippen LogP contribution is -2.41. The van der Waals surface area contributed by atoms with Crippen LogP contribution >= 0.6 is 24.0 Å². The first-order valence-electron chi connectivity index (χ1n) is 9.80. The molecule has 2 atom stereocenters. The largest absolute Gasteiger partial charge is 0.382 e. The number of likely N-dealkylation sites (tertiary alicyclic amines) is 1. The Morgan fingerprint density at radius 1 is 1.43 bits per heavy atom. The van der Waals surface area contributed by atoms with Crippen LogP contribution in [0.25, 0.3) is 0 Å². The molecule has 1 N–H and O–H groups in total. The van der Waals surface area contributed by atoms with Gasteiger partial charge in [0.2, 0.25) is 0 Å². The van der Waals surface area contributed by atoms with Crippen LogP contribution in [0.1, 0.15) is 24.9 Å². The summed E-state index contributed by atoms with van der Waals surface area (Å²) < 4.78 is 12.6. The third-order valence-corrected chi connectivity index (χ3v) is 4.85. The van der Waals surface area contributed by atoms with E-state index in [0.717, 1.165) is 38.6 Å². The van der Waals surface area contributed by atoms with Gasteiger partial charge in [-0.15, -0.1) is 24.0 Å². The third-order valence-electron chi connectivity index (χ3n) is 4.85. The fourth-order valence-electron chi connectivity index (χ4n) is 3.33. The van der Waals surface area contributed by atoms with E-state index in [1.54, 1.807) is 7.11 Å². The molecule has 8 nitrogen and oxygen atoms in total. The Hall–Kier alpha value is -0.910. The normalized spacial score (nSPS) is 18.4. The summed E-state index contributed by atoms with van der Waals surface area (Å²) >= 11 is 0. The average Bonchev–Trinajstić information content (AvgIpc) is 3.27. The number of aromatic nitrogens is 2. The van der Waals surface area contributed by atoms with E-state index in [9.17, 15) is 0 Å². The van der Waals surface area contributed by atoms with Gasteiger partial charge in [0, 0.05) is 51.5 Å². The molecule has 1 aliphatic heterocycles. The van der Waals surface area contributed by atoms with Crippen molar-refractivity contribution in [3.05, 3.63) is 18.0 Å². The number of ether oxygens (including phenoxy) is 2. The summed E-state index contributed by atoms with van der Waals surface area (Å²) in [6.07, 6.45) is 5.13. The third kappa shape index (κ3) is 7.84. The Balaban J connectivity index is 0.00000392. The zero-order valence-corrected chi connectivity index (χ0v) is 20.3. The molecule has 2 heterocycles. The molecule has 0 saturated carbocycles. The van der Waals surface area contributed by atoms with Crippen molar-refractivity contribution in [3.8, 4) is 0 Å². The summed E-state index contributed by atoms with van der Waals surface area (Å²) in [5, 5.41) is 7.75. The van der Waals surface area contributed by atoms with Crippen LogP contribution in [0.5, 0.6) is 0 Å². The van der Waals surface area contributed by atoms with Gasteiger partial charge in [-0.1, -0.05) is 0 Å². The Morgan fingerprint density at radius 3 is 2.82 bits per heavy atom. The number of hydrogen-bond acceptors (Lipinski definition) is 5. The predicted octanol–water partition coefficient (Wildman–Crippen LogP) is 1.59. The Labute approximate surface area is 186 Å². The van der Waals surface area contributed by atoms with E-state index < -0.39 is 0 Å². The first kappa shape index (κ1) is 25.1. The lowest BCUT2D eigenvalue weighted by molar-refractivity contribution is 0.0536. The number of aryl methyl sites for hydroxylation is 1. The first-order valence-corrected chi connectivity index (χ1v) is 9.80. The number of aliphatic imine (C=N–C) groups is 1. The molecule has 1 fully saturated rings. The number of hydrogen-bond donors (Lipinski definition) is 1. The number of methoxy groups -OCH3 is 1. The van der Waals surface area contributed by atoms with Crippen molar-refractivity contribution in [2.24, 2.45) is 18.0 Å². The highest BCUT2D eigenvalue weighted by Gasteiger charge is 2.25. The van der Waals surface area contributed by atoms with Gasteiger partial charge in [0.25, 0.3) is 0 Å².